The zero-order chi connectivity index (χ0) is 13.7. The van der Waals surface area contributed by atoms with Gasteiger partial charge in [-0.2, -0.15) is 0 Å². The smallest absolute Gasteiger partial charge is 0.248 e. The first-order chi connectivity index (χ1) is 8.40. The van der Waals surface area contributed by atoms with Crippen molar-refractivity contribution < 1.29 is 14.7 Å². The molecular weight excluding hydrogens is 256 g/mol. The van der Waals surface area contributed by atoms with E-state index in [1.54, 1.807) is 6.92 Å². The van der Waals surface area contributed by atoms with Gasteiger partial charge in [0.1, 0.15) is 0 Å². The first-order valence-electron chi connectivity index (χ1n) is 5.47. The lowest BCUT2D eigenvalue weighted by molar-refractivity contribution is -0.116. The molecule has 4 N–H and O–H groups in total. The van der Waals surface area contributed by atoms with Crippen LogP contribution in [0, 0.1) is 0 Å². The maximum Gasteiger partial charge on any atom is 0.248 e. The number of benzene rings is 1. The highest BCUT2D eigenvalue weighted by molar-refractivity contribution is 6.33. The van der Waals surface area contributed by atoms with Crippen molar-refractivity contribution in [3.63, 3.8) is 0 Å². The second kappa shape index (κ2) is 6.37. The third kappa shape index (κ3) is 4.35. The molecule has 5 nitrogen and oxygen atoms in total. The van der Waals surface area contributed by atoms with E-state index < -0.39 is 12.0 Å². The number of aliphatic hydroxyl groups is 1. The number of nitrogens with one attached hydrogen (secondary N) is 1. The minimum atomic E-state index is -0.592. The van der Waals surface area contributed by atoms with Gasteiger partial charge in [0.05, 0.1) is 16.8 Å². The van der Waals surface area contributed by atoms with E-state index in [-0.39, 0.29) is 17.9 Å². The first kappa shape index (κ1) is 14.5. The third-order valence-corrected chi connectivity index (χ3v) is 2.64. The normalized spacial score (nSPS) is 11.9. The summed E-state index contributed by atoms with van der Waals surface area (Å²) in [5.74, 6) is -0.870. The number of halogens is 1. The van der Waals surface area contributed by atoms with Gasteiger partial charge in [-0.1, -0.05) is 11.6 Å². The minimum absolute atomic E-state index is 0.175. The van der Waals surface area contributed by atoms with Gasteiger partial charge in [0.2, 0.25) is 11.8 Å². The summed E-state index contributed by atoms with van der Waals surface area (Å²) in [4.78, 5) is 22.6. The number of hydrogen-bond donors (Lipinski definition) is 3. The SMILES string of the molecule is CC(O)CCC(=O)Nc1cc(C(N)=O)ccc1Cl. The maximum absolute atomic E-state index is 11.6. The zero-order valence-electron chi connectivity index (χ0n) is 9.94. The van der Waals surface area contributed by atoms with Crippen molar-refractivity contribution in [2.75, 3.05) is 5.32 Å². The van der Waals surface area contributed by atoms with Crippen LogP contribution in [0.1, 0.15) is 30.1 Å². The quantitative estimate of drug-likeness (QED) is 0.758. The summed E-state index contributed by atoms with van der Waals surface area (Å²) in [6, 6.07) is 4.40. The van der Waals surface area contributed by atoms with Crippen LogP contribution in [0.25, 0.3) is 0 Å². The number of hydrogen-bond acceptors (Lipinski definition) is 3. The van der Waals surface area contributed by atoms with Crippen LogP contribution in [-0.2, 0) is 4.79 Å². The number of primary amides is 1. The lowest BCUT2D eigenvalue weighted by Gasteiger charge is -2.09. The molecule has 0 fully saturated rings. The molecule has 1 unspecified atom stereocenters. The number of anilines is 1. The molecular formula is C12H15ClN2O3. The van der Waals surface area contributed by atoms with E-state index in [0.29, 0.717) is 17.1 Å². The molecule has 0 heterocycles. The van der Waals surface area contributed by atoms with E-state index in [0.717, 1.165) is 0 Å². The summed E-state index contributed by atoms with van der Waals surface area (Å²) >= 11 is 5.89. The molecule has 0 bridgehead atoms. The molecule has 0 radical (unpaired) electrons. The Balaban J connectivity index is 2.74. The summed E-state index contributed by atoms with van der Waals surface area (Å²) in [6.45, 7) is 1.61. The van der Waals surface area contributed by atoms with Crippen LogP contribution in [0.4, 0.5) is 5.69 Å². The molecule has 18 heavy (non-hydrogen) atoms. The van der Waals surface area contributed by atoms with Gasteiger partial charge in [0, 0.05) is 12.0 Å². The second-order valence-electron chi connectivity index (χ2n) is 3.99. The molecule has 0 saturated carbocycles. The topological polar surface area (TPSA) is 92.4 Å². The predicted octanol–water partition coefficient (Wildman–Crippen LogP) is 1.54. The highest BCUT2D eigenvalue weighted by Crippen LogP contribution is 2.23. The minimum Gasteiger partial charge on any atom is -0.393 e. The molecule has 0 aromatic heterocycles. The van der Waals surface area contributed by atoms with Crippen LogP contribution in [0.3, 0.4) is 0 Å². The molecule has 0 spiro atoms. The number of rotatable bonds is 5. The number of aliphatic hydroxyl groups excluding tert-OH is 1. The van der Waals surface area contributed by atoms with Gasteiger partial charge in [-0.3, -0.25) is 9.59 Å². The van der Waals surface area contributed by atoms with Crippen LogP contribution in [0.5, 0.6) is 0 Å². The fourth-order valence-corrected chi connectivity index (χ4v) is 1.49. The van der Waals surface area contributed by atoms with Crippen molar-refractivity contribution in [1.82, 2.24) is 0 Å². The van der Waals surface area contributed by atoms with Crippen LogP contribution >= 0.6 is 11.6 Å². The molecule has 98 valence electrons. The Morgan fingerprint density at radius 3 is 2.72 bits per heavy atom. The van der Waals surface area contributed by atoms with E-state index in [2.05, 4.69) is 5.32 Å². The first-order valence-corrected chi connectivity index (χ1v) is 5.85. The summed E-state index contributed by atoms with van der Waals surface area (Å²) in [5.41, 5.74) is 5.74. The van der Waals surface area contributed by atoms with E-state index in [4.69, 9.17) is 22.4 Å². The van der Waals surface area contributed by atoms with Gasteiger partial charge < -0.3 is 16.2 Å². The highest BCUT2D eigenvalue weighted by Gasteiger charge is 2.10. The molecule has 0 aliphatic rings. The van der Waals surface area contributed by atoms with E-state index in [1.807, 2.05) is 0 Å². The zero-order valence-corrected chi connectivity index (χ0v) is 10.7. The van der Waals surface area contributed by atoms with Crippen LogP contribution in [0.15, 0.2) is 18.2 Å². The van der Waals surface area contributed by atoms with E-state index in [9.17, 15) is 9.59 Å². The van der Waals surface area contributed by atoms with Gasteiger partial charge in [0.25, 0.3) is 0 Å². The van der Waals surface area contributed by atoms with Crippen molar-refractivity contribution in [2.24, 2.45) is 5.73 Å². The Morgan fingerprint density at radius 2 is 2.17 bits per heavy atom. The molecule has 0 aliphatic heterocycles. The van der Waals surface area contributed by atoms with Crippen LogP contribution < -0.4 is 11.1 Å². The maximum atomic E-state index is 11.6. The fourth-order valence-electron chi connectivity index (χ4n) is 1.33. The van der Waals surface area contributed by atoms with Gasteiger partial charge in [-0.15, -0.1) is 0 Å². The molecule has 0 aliphatic carbocycles. The molecule has 1 rings (SSSR count). The molecule has 0 saturated heterocycles. The Labute approximate surface area is 110 Å². The predicted molar refractivity (Wildman–Crippen MR) is 69.5 cm³/mol. The Bertz CT molecular complexity index is 461. The Hall–Kier alpha value is -1.59. The van der Waals surface area contributed by atoms with E-state index in [1.165, 1.54) is 18.2 Å². The van der Waals surface area contributed by atoms with Crippen molar-refractivity contribution in [3.8, 4) is 0 Å². The summed E-state index contributed by atoms with van der Waals surface area (Å²) < 4.78 is 0. The number of amides is 2. The summed E-state index contributed by atoms with van der Waals surface area (Å²) in [7, 11) is 0. The largest absolute Gasteiger partial charge is 0.393 e. The monoisotopic (exact) mass is 270 g/mol. The van der Waals surface area contributed by atoms with Gasteiger partial charge in [-0.05, 0) is 31.5 Å². The van der Waals surface area contributed by atoms with Gasteiger partial charge >= 0.3 is 0 Å². The van der Waals surface area contributed by atoms with Gasteiger partial charge in [0.15, 0.2) is 0 Å². The number of nitrogens with two attached hydrogens (primary N) is 1. The standard InChI is InChI=1S/C12H15ClN2O3/c1-7(16)2-5-11(17)15-10-6-8(12(14)18)3-4-9(10)13/h3-4,6-7,16H,2,5H2,1H3,(H2,14,18)(H,15,17). The third-order valence-electron chi connectivity index (χ3n) is 2.31. The average molecular weight is 271 g/mol. The molecule has 6 heteroatoms. The van der Waals surface area contributed by atoms with Crippen molar-refractivity contribution in [2.45, 2.75) is 25.9 Å². The fraction of sp³-hybridized carbons (Fsp3) is 0.333. The van der Waals surface area contributed by atoms with Crippen molar-refractivity contribution >= 4 is 29.1 Å². The molecule has 1 atom stereocenters. The lowest BCUT2D eigenvalue weighted by atomic mass is 10.1. The molecule has 2 amide bonds. The van der Waals surface area contributed by atoms with Crippen molar-refractivity contribution in [1.29, 1.82) is 0 Å². The number of carbonyl (C=O) groups is 2. The summed E-state index contributed by atoms with van der Waals surface area (Å²) in [6.07, 6.45) is -0.00325. The van der Waals surface area contributed by atoms with Crippen LogP contribution in [-0.4, -0.2) is 23.0 Å². The molecule has 1 aromatic rings. The Kier molecular flexibility index (Phi) is 5.12. The molecule has 1 aromatic carbocycles. The average Bonchev–Trinajstić information content (AvgIpc) is 2.29. The lowest BCUT2D eigenvalue weighted by Crippen LogP contribution is -2.16. The summed E-state index contributed by atoms with van der Waals surface area (Å²) in [5, 5.41) is 12.0. The Morgan fingerprint density at radius 1 is 1.50 bits per heavy atom. The van der Waals surface area contributed by atoms with Crippen LogP contribution in [0.2, 0.25) is 5.02 Å². The highest BCUT2D eigenvalue weighted by atomic mass is 35.5. The second-order valence-corrected chi connectivity index (χ2v) is 4.40. The van der Waals surface area contributed by atoms with E-state index >= 15 is 0 Å². The van der Waals surface area contributed by atoms with Gasteiger partial charge in [-0.25, -0.2) is 0 Å². The number of carbonyl (C=O) groups excluding carboxylic acids is 2. The van der Waals surface area contributed by atoms with Crippen molar-refractivity contribution in [3.05, 3.63) is 28.8 Å².